The minimum atomic E-state index is -1.60. The normalized spacial score (nSPS) is 12.5. The van der Waals surface area contributed by atoms with Crippen LogP contribution in [0.4, 0.5) is 17.6 Å². The molecule has 0 radical (unpaired) electrons. The van der Waals surface area contributed by atoms with Crippen LogP contribution in [0, 0.1) is 23.3 Å². The second-order valence-electron chi connectivity index (χ2n) is 8.04. The summed E-state index contributed by atoms with van der Waals surface area (Å²) in [5.74, 6) is -7.64. The van der Waals surface area contributed by atoms with Crippen LogP contribution in [0.1, 0.15) is 50.5 Å². The Bertz CT molecular complexity index is 867. The summed E-state index contributed by atoms with van der Waals surface area (Å²) >= 11 is 0. The Morgan fingerprint density at radius 1 is 0.935 bits per heavy atom. The Morgan fingerprint density at radius 2 is 1.45 bits per heavy atom. The van der Waals surface area contributed by atoms with Crippen molar-refractivity contribution < 1.29 is 27.1 Å². The third kappa shape index (κ3) is 6.43. The summed E-state index contributed by atoms with van der Waals surface area (Å²) in [6.45, 7) is 10.7. The Morgan fingerprint density at radius 3 is 1.94 bits per heavy atom. The first-order valence-corrected chi connectivity index (χ1v) is 10.1. The summed E-state index contributed by atoms with van der Waals surface area (Å²) in [6.07, 6.45) is 0. The Balaban J connectivity index is 1.98. The molecule has 0 bridgehead atoms. The molecule has 2 aromatic carbocycles. The fourth-order valence-electron chi connectivity index (χ4n) is 3.27. The summed E-state index contributed by atoms with van der Waals surface area (Å²) in [5, 5.41) is 2.95. The van der Waals surface area contributed by atoms with E-state index in [0.29, 0.717) is 29.8 Å². The van der Waals surface area contributed by atoms with Crippen LogP contribution < -0.4 is 10.1 Å². The smallest absolute Gasteiger partial charge is 0.251 e. The molecule has 0 heterocycles. The van der Waals surface area contributed by atoms with Crippen molar-refractivity contribution in [1.82, 2.24) is 10.2 Å². The van der Waals surface area contributed by atoms with Gasteiger partial charge >= 0.3 is 0 Å². The van der Waals surface area contributed by atoms with Crippen LogP contribution in [0.5, 0.6) is 5.75 Å². The molecule has 0 aliphatic rings. The van der Waals surface area contributed by atoms with E-state index in [-0.39, 0.29) is 24.6 Å². The molecule has 0 spiro atoms. The van der Waals surface area contributed by atoms with Crippen molar-refractivity contribution in [1.29, 1.82) is 0 Å². The first-order chi connectivity index (χ1) is 14.5. The number of carbonyl (C=O) groups is 1. The summed E-state index contributed by atoms with van der Waals surface area (Å²) < 4.78 is 58.8. The number of nitrogens with one attached hydrogen (secondary N) is 1. The van der Waals surface area contributed by atoms with E-state index in [1.165, 1.54) is 0 Å². The van der Waals surface area contributed by atoms with Gasteiger partial charge in [0.15, 0.2) is 17.4 Å². The summed E-state index contributed by atoms with van der Waals surface area (Å²) in [6, 6.07) is 6.91. The topological polar surface area (TPSA) is 41.6 Å². The number of ether oxygens (including phenoxy) is 1. The fraction of sp³-hybridized carbons (Fsp3) is 0.435. The van der Waals surface area contributed by atoms with Gasteiger partial charge in [-0.2, -0.15) is 8.78 Å². The van der Waals surface area contributed by atoms with Crippen LogP contribution in [0.2, 0.25) is 0 Å². The van der Waals surface area contributed by atoms with Gasteiger partial charge in [0.1, 0.15) is 6.61 Å². The number of amides is 1. The average Bonchev–Trinajstić information content (AvgIpc) is 2.70. The maximum absolute atomic E-state index is 13.7. The van der Waals surface area contributed by atoms with Gasteiger partial charge in [0.05, 0.1) is 0 Å². The lowest BCUT2D eigenvalue weighted by molar-refractivity contribution is 0.0911. The summed E-state index contributed by atoms with van der Waals surface area (Å²) in [7, 11) is 0. The standard InChI is InChI=1S/C23H28F4N2O2/c1-13(2)29(14(3)4)11-15(5)28-23(30)17-8-6-16(7-9-17)12-31-22-20(26)18(24)10-19(25)21(22)27/h6-10,13-15H,11-12H2,1-5H3,(H,28,30)/t15-/m0/s1. The Kier molecular flexibility index (Phi) is 8.44. The minimum Gasteiger partial charge on any atom is -0.483 e. The second kappa shape index (κ2) is 10.6. The SMILES string of the molecule is CC(C)N(C[C@H](C)NC(=O)c1ccc(COc2c(F)c(F)cc(F)c2F)cc1)C(C)C. The summed E-state index contributed by atoms with van der Waals surface area (Å²) in [5.41, 5.74) is 0.879. The first kappa shape index (κ1) is 24.7. The number of nitrogens with zero attached hydrogens (tertiary/aromatic N) is 1. The predicted octanol–water partition coefficient (Wildman–Crippen LogP) is 5.06. The third-order valence-corrected chi connectivity index (χ3v) is 4.86. The Hall–Kier alpha value is -2.61. The molecule has 0 aromatic heterocycles. The molecular weight excluding hydrogens is 412 g/mol. The number of hydrogen-bond donors (Lipinski definition) is 1. The van der Waals surface area contributed by atoms with Crippen LogP contribution in [0.15, 0.2) is 30.3 Å². The van der Waals surface area contributed by atoms with E-state index < -0.39 is 29.0 Å². The van der Waals surface area contributed by atoms with Crippen LogP contribution in [0.3, 0.4) is 0 Å². The lowest BCUT2D eigenvalue weighted by Crippen LogP contribution is -2.47. The van der Waals surface area contributed by atoms with Gasteiger partial charge in [-0.3, -0.25) is 9.69 Å². The first-order valence-electron chi connectivity index (χ1n) is 10.1. The maximum atomic E-state index is 13.7. The number of benzene rings is 2. The van der Waals surface area contributed by atoms with Crippen molar-refractivity contribution in [3.05, 3.63) is 64.7 Å². The van der Waals surface area contributed by atoms with E-state index >= 15 is 0 Å². The largest absolute Gasteiger partial charge is 0.483 e. The van der Waals surface area contributed by atoms with Gasteiger partial charge in [-0.1, -0.05) is 12.1 Å². The molecule has 2 aromatic rings. The zero-order chi connectivity index (χ0) is 23.3. The van der Waals surface area contributed by atoms with Gasteiger partial charge in [0.25, 0.3) is 5.91 Å². The highest BCUT2D eigenvalue weighted by Gasteiger charge is 2.21. The van der Waals surface area contributed by atoms with Gasteiger partial charge in [0.2, 0.25) is 11.6 Å². The molecule has 1 N–H and O–H groups in total. The lowest BCUT2D eigenvalue weighted by atomic mass is 10.1. The number of carbonyl (C=O) groups excluding carboxylic acids is 1. The van der Waals surface area contributed by atoms with Gasteiger partial charge in [-0.25, -0.2) is 8.78 Å². The van der Waals surface area contributed by atoms with E-state index in [9.17, 15) is 22.4 Å². The molecule has 4 nitrogen and oxygen atoms in total. The molecule has 0 fully saturated rings. The van der Waals surface area contributed by atoms with E-state index in [1.54, 1.807) is 24.3 Å². The van der Waals surface area contributed by atoms with Crippen molar-refractivity contribution in [3.8, 4) is 5.75 Å². The molecule has 2 rings (SSSR count). The molecule has 31 heavy (non-hydrogen) atoms. The molecule has 170 valence electrons. The Labute approximate surface area is 180 Å². The van der Waals surface area contributed by atoms with Crippen molar-refractivity contribution >= 4 is 5.91 Å². The molecule has 8 heteroatoms. The highest BCUT2D eigenvalue weighted by molar-refractivity contribution is 5.94. The molecule has 1 atom stereocenters. The van der Waals surface area contributed by atoms with Crippen molar-refractivity contribution in [2.45, 2.75) is 59.4 Å². The molecule has 1 amide bonds. The summed E-state index contributed by atoms with van der Waals surface area (Å²) in [4.78, 5) is 14.8. The maximum Gasteiger partial charge on any atom is 0.251 e. The highest BCUT2D eigenvalue weighted by Crippen LogP contribution is 2.27. The number of halogens is 4. The lowest BCUT2D eigenvalue weighted by Gasteiger charge is -2.33. The van der Waals surface area contributed by atoms with E-state index in [0.717, 1.165) is 0 Å². The van der Waals surface area contributed by atoms with Crippen LogP contribution in [-0.2, 0) is 6.61 Å². The van der Waals surface area contributed by atoms with Crippen LogP contribution in [0.25, 0.3) is 0 Å². The second-order valence-corrected chi connectivity index (χ2v) is 8.04. The molecule has 0 aliphatic carbocycles. The van der Waals surface area contributed by atoms with Crippen molar-refractivity contribution in [2.24, 2.45) is 0 Å². The van der Waals surface area contributed by atoms with Crippen molar-refractivity contribution in [3.63, 3.8) is 0 Å². The molecule has 0 saturated heterocycles. The molecule has 0 saturated carbocycles. The fourth-order valence-corrected chi connectivity index (χ4v) is 3.27. The quantitative estimate of drug-likeness (QED) is 0.438. The minimum absolute atomic E-state index is 0.0749. The zero-order valence-electron chi connectivity index (χ0n) is 18.3. The third-order valence-electron chi connectivity index (χ3n) is 4.86. The molecular formula is C23H28F4N2O2. The van der Waals surface area contributed by atoms with Gasteiger partial charge in [-0.05, 0) is 52.3 Å². The predicted molar refractivity (Wildman–Crippen MR) is 111 cm³/mol. The van der Waals surface area contributed by atoms with Crippen LogP contribution >= 0.6 is 0 Å². The average molecular weight is 440 g/mol. The monoisotopic (exact) mass is 440 g/mol. The van der Waals surface area contributed by atoms with E-state index in [1.807, 2.05) is 6.92 Å². The zero-order valence-corrected chi connectivity index (χ0v) is 18.3. The highest BCUT2D eigenvalue weighted by atomic mass is 19.2. The van der Waals surface area contributed by atoms with Gasteiger partial charge in [-0.15, -0.1) is 0 Å². The number of rotatable bonds is 9. The molecule has 0 aliphatic heterocycles. The van der Waals surface area contributed by atoms with Gasteiger partial charge in [0, 0.05) is 36.3 Å². The van der Waals surface area contributed by atoms with E-state index in [4.69, 9.17) is 4.74 Å². The van der Waals surface area contributed by atoms with Crippen molar-refractivity contribution in [2.75, 3.05) is 6.54 Å². The van der Waals surface area contributed by atoms with Gasteiger partial charge < -0.3 is 10.1 Å². The van der Waals surface area contributed by atoms with E-state index in [2.05, 4.69) is 37.9 Å². The molecule has 0 unspecified atom stereocenters. The van der Waals surface area contributed by atoms with Crippen LogP contribution in [-0.4, -0.2) is 35.5 Å². The number of hydrogen-bond acceptors (Lipinski definition) is 3.